The molecular weight excluding hydrogens is 142 g/mol. The number of esters is 1. The van der Waals surface area contributed by atoms with Crippen LogP contribution in [-0.4, -0.2) is 19.6 Å². The predicted molar refractivity (Wildman–Crippen MR) is 44.0 cm³/mol. The van der Waals surface area contributed by atoms with E-state index in [0.717, 1.165) is 6.42 Å². The number of rotatable bonds is 4. The summed E-state index contributed by atoms with van der Waals surface area (Å²) in [6, 6.07) is 0. The molecule has 11 heavy (non-hydrogen) atoms. The van der Waals surface area contributed by atoms with Gasteiger partial charge in [-0.1, -0.05) is 19.1 Å². The van der Waals surface area contributed by atoms with Crippen LogP contribution in [0.5, 0.6) is 0 Å². The molecule has 0 amide bonds. The molecule has 3 nitrogen and oxygen atoms in total. The summed E-state index contributed by atoms with van der Waals surface area (Å²) in [7, 11) is 1.37. The van der Waals surface area contributed by atoms with Crippen molar-refractivity contribution in [2.45, 2.75) is 13.3 Å². The summed E-state index contributed by atoms with van der Waals surface area (Å²) in [6.45, 7) is 2.31. The molecule has 0 aliphatic rings. The van der Waals surface area contributed by atoms with Crippen molar-refractivity contribution < 1.29 is 9.53 Å². The molecule has 0 aromatic heterocycles. The molecule has 64 valence electrons. The molecule has 2 N–H and O–H groups in total. The normalized spacial score (nSPS) is 13.4. The van der Waals surface area contributed by atoms with Crippen molar-refractivity contribution in [1.82, 2.24) is 0 Å². The van der Waals surface area contributed by atoms with Crippen molar-refractivity contribution in [2.75, 3.05) is 13.7 Å². The van der Waals surface area contributed by atoms with E-state index in [1.165, 1.54) is 7.11 Å². The molecule has 0 rings (SSSR count). The third kappa shape index (κ3) is 3.78. The van der Waals surface area contributed by atoms with E-state index in [1.807, 2.05) is 13.0 Å². The quantitative estimate of drug-likeness (QED) is 0.482. The van der Waals surface area contributed by atoms with Crippen LogP contribution in [0.1, 0.15) is 13.3 Å². The van der Waals surface area contributed by atoms with Gasteiger partial charge in [-0.2, -0.15) is 0 Å². The van der Waals surface area contributed by atoms with E-state index in [4.69, 9.17) is 5.73 Å². The Morgan fingerprint density at radius 1 is 1.73 bits per heavy atom. The second kappa shape index (κ2) is 5.92. The van der Waals surface area contributed by atoms with E-state index in [-0.39, 0.29) is 11.9 Å². The second-order valence-corrected chi connectivity index (χ2v) is 2.20. The summed E-state index contributed by atoms with van der Waals surface area (Å²) in [6.07, 6.45) is 4.60. The van der Waals surface area contributed by atoms with Gasteiger partial charge in [0, 0.05) is 6.54 Å². The average molecular weight is 157 g/mol. The minimum Gasteiger partial charge on any atom is -0.469 e. The van der Waals surface area contributed by atoms with Gasteiger partial charge in [0.25, 0.3) is 0 Å². The zero-order chi connectivity index (χ0) is 8.69. The van der Waals surface area contributed by atoms with Crippen molar-refractivity contribution in [2.24, 2.45) is 11.7 Å². The van der Waals surface area contributed by atoms with Crippen molar-refractivity contribution in [3.05, 3.63) is 12.2 Å². The number of hydrogen-bond acceptors (Lipinski definition) is 3. The Morgan fingerprint density at radius 3 is 2.73 bits per heavy atom. The first kappa shape index (κ1) is 10.2. The van der Waals surface area contributed by atoms with Gasteiger partial charge in [0.05, 0.1) is 13.0 Å². The highest BCUT2D eigenvalue weighted by Gasteiger charge is 2.12. The lowest BCUT2D eigenvalue weighted by Crippen LogP contribution is -2.22. The van der Waals surface area contributed by atoms with Gasteiger partial charge in [0.15, 0.2) is 0 Å². The summed E-state index contributed by atoms with van der Waals surface area (Å²) < 4.78 is 4.53. The van der Waals surface area contributed by atoms with Crippen molar-refractivity contribution in [3.8, 4) is 0 Å². The zero-order valence-corrected chi connectivity index (χ0v) is 7.04. The lowest BCUT2D eigenvalue weighted by atomic mass is 10.1. The van der Waals surface area contributed by atoms with Crippen molar-refractivity contribution in [1.29, 1.82) is 0 Å². The van der Waals surface area contributed by atoms with Crippen LogP contribution in [0, 0.1) is 5.92 Å². The molecule has 1 unspecified atom stereocenters. The topological polar surface area (TPSA) is 52.3 Å². The second-order valence-electron chi connectivity index (χ2n) is 2.20. The van der Waals surface area contributed by atoms with Crippen LogP contribution in [-0.2, 0) is 9.53 Å². The van der Waals surface area contributed by atoms with E-state index in [1.54, 1.807) is 6.08 Å². The highest BCUT2D eigenvalue weighted by Crippen LogP contribution is 1.99. The fourth-order valence-corrected chi connectivity index (χ4v) is 0.705. The Hall–Kier alpha value is -0.830. The summed E-state index contributed by atoms with van der Waals surface area (Å²) in [5.74, 6) is -0.544. The van der Waals surface area contributed by atoms with Crippen LogP contribution in [0.4, 0.5) is 0 Å². The molecule has 0 aliphatic carbocycles. The Kier molecular flexibility index (Phi) is 5.47. The molecule has 3 heteroatoms. The minimum atomic E-state index is -0.278. The predicted octanol–water partition coefficient (Wildman–Crippen LogP) is 0.701. The van der Waals surface area contributed by atoms with E-state index < -0.39 is 0 Å². The number of methoxy groups -OCH3 is 1. The molecule has 0 fully saturated rings. The van der Waals surface area contributed by atoms with Crippen LogP contribution in [0.15, 0.2) is 12.2 Å². The third-order valence-corrected chi connectivity index (χ3v) is 1.36. The van der Waals surface area contributed by atoms with E-state index >= 15 is 0 Å². The van der Waals surface area contributed by atoms with Crippen LogP contribution in [0.3, 0.4) is 0 Å². The lowest BCUT2D eigenvalue weighted by molar-refractivity contribution is -0.143. The Labute approximate surface area is 67.2 Å². The molecule has 0 saturated carbocycles. The van der Waals surface area contributed by atoms with Gasteiger partial charge >= 0.3 is 5.97 Å². The number of nitrogens with two attached hydrogens (primary N) is 1. The molecule has 0 heterocycles. The summed E-state index contributed by atoms with van der Waals surface area (Å²) in [5, 5.41) is 0. The minimum absolute atomic E-state index is 0.266. The van der Waals surface area contributed by atoms with Crippen molar-refractivity contribution >= 4 is 5.97 Å². The zero-order valence-electron chi connectivity index (χ0n) is 7.04. The number of carbonyl (C=O) groups is 1. The first-order valence-electron chi connectivity index (χ1n) is 3.70. The van der Waals surface area contributed by atoms with Crippen LogP contribution >= 0.6 is 0 Å². The van der Waals surface area contributed by atoms with Gasteiger partial charge in [-0.05, 0) is 6.42 Å². The van der Waals surface area contributed by atoms with Gasteiger partial charge in [0.2, 0.25) is 0 Å². The van der Waals surface area contributed by atoms with Crippen LogP contribution < -0.4 is 5.73 Å². The van der Waals surface area contributed by atoms with Gasteiger partial charge in [-0.3, -0.25) is 4.79 Å². The fraction of sp³-hybridized carbons (Fsp3) is 0.625. The Morgan fingerprint density at radius 2 is 2.36 bits per heavy atom. The van der Waals surface area contributed by atoms with Crippen LogP contribution in [0.2, 0.25) is 0 Å². The largest absolute Gasteiger partial charge is 0.469 e. The Bertz CT molecular complexity index is 143. The molecule has 0 spiro atoms. The van der Waals surface area contributed by atoms with Crippen molar-refractivity contribution in [3.63, 3.8) is 0 Å². The number of carbonyl (C=O) groups excluding carboxylic acids is 1. The first-order valence-corrected chi connectivity index (χ1v) is 3.70. The highest BCUT2D eigenvalue weighted by atomic mass is 16.5. The molecule has 0 radical (unpaired) electrons. The van der Waals surface area contributed by atoms with Gasteiger partial charge in [-0.25, -0.2) is 0 Å². The maximum Gasteiger partial charge on any atom is 0.313 e. The maximum atomic E-state index is 10.9. The number of ether oxygens (including phenoxy) is 1. The molecule has 0 saturated heterocycles. The summed E-state index contributed by atoms with van der Waals surface area (Å²) in [5.41, 5.74) is 5.34. The monoisotopic (exact) mass is 157 g/mol. The average Bonchev–Trinajstić information content (AvgIpc) is 2.05. The Balaban J connectivity index is 3.94. The maximum absolute atomic E-state index is 10.9. The van der Waals surface area contributed by atoms with Gasteiger partial charge in [0.1, 0.15) is 0 Å². The van der Waals surface area contributed by atoms with Gasteiger partial charge in [-0.15, -0.1) is 0 Å². The smallest absolute Gasteiger partial charge is 0.313 e. The fourth-order valence-electron chi connectivity index (χ4n) is 0.705. The highest BCUT2D eigenvalue weighted by molar-refractivity contribution is 5.74. The van der Waals surface area contributed by atoms with Crippen LogP contribution in [0.25, 0.3) is 0 Å². The first-order chi connectivity index (χ1) is 5.26. The molecule has 0 aromatic rings. The SMILES string of the molecule is CC/C=C/C(CN)C(=O)OC. The molecular formula is C8H15NO2. The molecule has 0 aliphatic heterocycles. The molecule has 0 aromatic carbocycles. The van der Waals surface area contributed by atoms with E-state index in [0.29, 0.717) is 6.54 Å². The van der Waals surface area contributed by atoms with E-state index in [9.17, 15) is 4.79 Å². The van der Waals surface area contributed by atoms with Gasteiger partial charge < -0.3 is 10.5 Å². The molecule has 0 bridgehead atoms. The summed E-state index contributed by atoms with van der Waals surface area (Å²) >= 11 is 0. The lowest BCUT2D eigenvalue weighted by Gasteiger charge is -2.05. The third-order valence-electron chi connectivity index (χ3n) is 1.36. The number of allylic oxidation sites excluding steroid dienone is 1. The number of hydrogen-bond donors (Lipinski definition) is 1. The van der Waals surface area contributed by atoms with E-state index in [2.05, 4.69) is 4.74 Å². The summed E-state index contributed by atoms with van der Waals surface area (Å²) in [4.78, 5) is 10.9. The molecule has 1 atom stereocenters. The standard InChI is InChI=1S/C8H15NO2/c1-3-4-5-7(6-9)8(10)11-2/h4-5,7H,3,6,9H2,1-2H3/b5-4+.